The van der Waals surface area contributed by atoms with Crippen molar-refractivity contribution in [3.8, 4) is 33.4 Å². The van der Waals surface area contributed by atoms with Gasteiger partial charge in [0.15, 0.2) is 11.2 Å². The summed E-state index contributed by atoms with van der Waals surface area (Å²) in [6.07, 6.45) is 6.18. The molecule has 0 bridgehead atoms. The Morgan fingerprint density at radius 1 is 0.257 bits per heavy atom. The second-order valence-corrected chi connectivity index (χ2v) is 41.9. The minimum atomic E-state index is -1.11. The van der Waals surface area contributed by atoms with E-state index in [1.54, 1.807) is 0 Å². The Balaban J connectivity index is 0.759. The van der Waals surface area contributed by atoms with E-state index in [2.05, 4.69) is 526 Å². The van der Waals surface area contributed by atoms with Gasteiger partial charge in [-0.15, -0.1) is 0 Å². The van der Waals surface area contributed by atoms with E-state index in [1.165, 1.54) is 27.8 Å². The van der Waals surface area contributed by atoms with Crippen LogP contribution in [0.1, 0.15) is 166 Å². The van der Waals surface area contributed by atoms with Crippen molar-refractivity contribution in [1.82, 2.24) is 0 Å². The number of para-hydroxylation sites is 6. The number of hydrogen-bond acceptors (Lipinski definition) is 8. The molecular weight excluding hydrogens is 1750 g/mol. The third-order valence-electron chi connectivity index (χ3n) is 30.9. The number of furan rings is 4. The maximum Gasteiger partial charge on any atom is 0.160 e. The van der Waals surface area contributed by atoms with Gasteiger partial charge in [-0.3, -0.25) is 0 Å². The van der Waals surface area contributed by atoms with Crippen molar-refractivity contribution in [2.45, 2.75) is 116 Å². The number of anilines is 12. The number of nitrogens with zero attached hydrogens (tertiary/aromatic N) is 4. The summed E-state index contributed by atoms with van der Waals surface area (Å²) < 4.78 is 31.5. The molecule has 3 aliphatic carbocycles. The molecule has 4 aromatic heterocycles. The Kier molecular flexibility index (Phi) is 20.6. The van der Waals surface area contributed by atoms with Crippen LogP contribution in [0, 0.1) is 0 Å². The quantitative estimate of drug-likeness (QED) is 0.0793. The van der Waals surface area contributed by atoms with Crippen molar-refractivity contribution in [3.05, 3.63) is 509 Å². The highest BCUT2D eigenvalue weighted by Gasteiger charge is 2.54. The van der Waals surface area contributed by atoms with Gasteiger partial charge in [0.05, 0.1) is 39.0 Å². The van der Waals surface area contributed by atoms with E-state index in [-0.39, 0.29) is 10.8 Å². The van der Waals surface area contributed by atoms with Crippen LogP contribution in [0.25, 0.3) is 116 Å². The summed E-state index contributed by atoms with van der Waals surface area (Å²) >= 11 is 0. The molecule has 144 heavy (non-hydrogen) atoms. The van der Waals surface area contributed by atoms with Gasteiger partial charge in [-0.05, 0) is 265 Å². The van der Waals surface area contributed by atoms with Gasteiger partial charge in [-0.2, -0.15) is 0 Å². The Labute approximate surface area is 840 Å². The largest absolute Gasteiger partial charge is 0.456 e. The molecule has 4 heterocycles. The van der Waals surface area contributed by atoms with Crippen LogP contribution in [0.5, 0.6) is 0 Å². The van der Waals surface area contributed by atoms with Gasteiger partial charge in [0, 0.05) is 106 Å². The Hall–Kier alpha value is -16.9. The molecule has 26 rings (SSSR count). The van der Waals surface area contributed by atoms with E-state index in [9.17, 15) is 0 Å². The lowest BCUT2D eigenvalue weighted by atomic mass is 9.67. The normalized spacial score (nSPS) is 14.2. The smallest absolute Gasteiger partial charge is 0.160 e. The van der Waals surface area contributed by atoms with Crippen LogP contribution >= 0.6 is 0 Å². The molecule has 1 unspecified atom stereocenters. The molecule has 0 fully saturated rings. The van der Waals surface area contributed by atoms with Crippen molar-refractivity contribution in [1.29, 1.82) is 0 Å². The van der Waals surface area contributed by atoms with Crippen LogP contribution in [0.2, 0.25) is 0 Å². The molecule has 0 saturated carbocycles. The number of hydrogen-bond donors (Lipinski definition) is 0. The lowest BCUT2D eigenvalue weighted by Crippen LogP contribution is -2.29. The van der Waals surface area contributed by atoms with E-state index >= 15 is 0 Å². The summed E-state index contributed by atoms with van der Waals surface area (Å²) in [5, 5.41) is 7.09. The van der Waals surface area contributed by atoms with E-state index in [0.29, 0.717) is 11.8 Å². The molecule has 0 saturated heterocycles. The van der Waals surface area contributed by atoms with E-state index in [4.69, 9.17) is 17.7 Å². The van der Waals surface area contributed by atoms with Crippen LogP contribution < -0.4 is 19.6 Å². The molecule has 696 valence electrons. The predicted molar refractivity (Wildman–Crippen MR) is 600 cm³/mol. The summed E-state index contributed by atoms with van der Waals surface area (Å²) in [5.74, 6) is 1.53. The first-order valence-electron chi connectivity index (χ1n) is 50.8. The van der Waals surface area contributed by atoms with Crippen molar-refractivity contribution in [2.75, 3.05) is 19.6 Å². The summed E-state index contributed by atoms with van der Waals surface area (Å²) in [5.41, 5.74) is 36.3. The zero-order valence-electron chi connectivity index (χ0n) is 82.6. The topological polar surface area (TPSA) is 65.5 Å². The summed E-state index contributed by atoms with van der Waals surface area (Å²) in [4.78, 5) is 9.82. The number of rotatable bonds is 19. The highest BCUT2D eigenvalue weighted by Crippen LogP contribution is 2.68. The van der Waals surface area contributed by atoms with Crippen LogP contribution in [-0.2, 0) is 28.1 Å². The van der Waals surface area contributed by atoms with E-state index in [1.807, 2.05) is 0 Å². The molecular formula is C136H108N4O4. The lowest BCUT2D eigenvalue weighted by Gasteiger charge is -2.36. The number of allylic oxidation sites excluding steroid dienone is 1. The lowest BCUT2D eigenvalue weighted by molar-refractivity contribution is 0.590. The summed E-state index contributed by atoms with van der Waals surface area (Å²) in [6, 6.07) is 158. The van der Waals surface area contributed by atoms with Crippen LogP contribution in [-0.4, -0.2) is 0 Å². The monoisotopic (exact) mass is 1860 g/mol. The van der Waals surface area contributed by atoms with Crippen LogP contribution in [0.4, 0.5) is 68.2 Å². The number of aryl methyl sites for hydroxylation is 1. The summed E-state index contributed by atoms with van der Waals surface area (Å²) in [6.45, 7) is 22.8. The van der Waals surface area contributed by atoms with Gasteiger partial charge in [0.25, 0.3) is 0 Å². The van der Waals surface area contributed by atoms with Crippen molar-refractivity contribution < 1.29 is 17.7 Å². The van der Waals surface area contributed by atoms with Gasteiger partial charge in [-0.1, -0.05) is 354 Å². The molecule has 23 aromatic rings. The highest BCUT2D eigenvalue weighted by molar-refractivity contribution is 6.28. The zero-order chi connectivity index (χ0) is 97.2. The van der Waals surface area contributed by atoms with Gasteiger partial charge in [0.1, 0.15) is 33.7 Å². The maximum atomic E-state index is 8.14. The summed E-state index contributed by atoms with van der Waals surface area (Å²) in [7, 11) is 0. The van der Waals surface area contributed by atoms with Gasteiger partial charge >= 0.3 is 0 Å². The van der Waals surface area contributed by atoms with Crippen molar-refractivity contribution in [2.24, 2.45) is 0 Å². The van der Waals surface area contributed by atoms with Crippen molar-refractivity contribution in [3.63, 3.8) is 0 Å². The average molecular weight is 1860 g/mol. The molecule has 0 aliphatic heterocycles. The molecule has 3 aliphatic rings. The minimum Gasteiger partial charge on any atom is -0.456 e. The third kappa shape index (κ3) is 13.7. The van der Waals surface area contributed by atoms with E-state index < -0.39 is 10.8 Å². The first kappa shape index (κ1) is 87.3. The Morgan fingerprint density at radius 2 is 0.569 bits per heavy atom. The first-order chi connectivity index (χ1) is 70.4. The molecule has 1 atom stereocenters. The van der Waals surface area contributed by atoms with Crippen LogP contribution in [0.15, 0.2) is 448 Å². The second-order valence-electron chi connectivity index (χ2n) is 41.9. The third-order valence-corrected chi connectivity index (χ3v) is 30.9. The van der Waals surface area contributed by atoms with Gasteiger partial charge < -0.3 is 37.3 Å². The molecule has 19 aromatic carbocycles. The molecule has 8 heteroatoms. The van der Waals surface area contributed by atoms with Crippen LogP contribution in [0.3, 0.4) is 0 Å². The first-order valence-corrected chi connectivity index (χ1v) is 50.8. The van der Waals surface area contributed by atoms with Crippen molar-refractivity contribution >= 4 is 151 Å². The Bertz CT molecular complexity index is 8920. The fourth-order valence-electron chi connectivity index (χ4n) is 24.0. The minimum absolute atomic E-state index is 0.0973. The fourth-order valence-corrected chi connectivity index (χ4v) is 24.0. The maximum absolute atomic E-state index is 8.14. The highest BCUT2D eigenvalue weighted by atomic mass is 16.3. The number of fused-ring (bicyclic) bond motifs is 22. The predicted octanol–water partition coefficient (Wildman–Crippen LogP) is 38.2. The fraction of sp³-hybridized carbons (Fsp3) is 0.132. The molecule has 0 N–H and O–H groups in total. The second kappa shape index (κ2) is 33.9. The SMILES string of the molecule is CC(C)c1ccc(N(c2ccccc2)c2cc3c(c4c2oc2cc(-c5ccc(C6(c7ccccc7)c7cc(N(c8ccccc8)c8ccc(C(C)(C)C)cc8)c8c(oc9ccccc98)c7-c7c6cc(N(c6ccccc6)c6ccc(C(C)(C)C)cc6)c6oc8ccccc8c76)cc5)ccc24)-c2c(cc(N(c4ccccc4)c4ccc(C(C)C)cc4)c4c5c(oc24)C=CCC5)C3(c2ccccc2)c2ccccc2)cc1. The molecule has 0 spiro atoms. The van der Waals surface area contributed by atoms with Gasteiger partial charge in [0.2, 0.25) is 0 Å². The standard InChI is InChI=1S/C136H108N4O4/c1-85(2)87-60-71-101(72-61-87)137(97-44-24-14-25-45-97)113-81-111-127(131-121(113)105-52-32-35-55-117(105)142-131)126-109(135(111,93-38-18-11-19-39-93)94-40-20-12-21-41-94)83-116(139(99-48-28-16-29-49-99)102-73-62-88(63-74-102)86(3)4)130-124(126)108-79-64-90(80-120(108)144-130)89-58-65-96(66-59-89)136(95-42-22-13-23-43-95)110-84-115(140(100-50-30-17-31-51-100)104-77-69-92(70-78-104)134(8,9)10)129-123(107-54-34-37-57-119(107)141-129)125(110)128-112(136)82-114(122-106-53-33-36-56-118(106)143-132(122)128)138(98-46-26-15-27-47-98)103-75-67-91(68-76-103)133(5,6)7/h11-31,33-51,53-86H,32,52H2,1-10H3. The average Bonchev–Trinajstić information content (AvgIpc) is 1.50. The molecule has 0 radical (unpaired) electrons. The van der Waals surface area contributed by atoms with E-state index in [0.717, 1.165) is 242 Å². The molecule has 8 nitrogen and oxygen atoms in total. The Morgan fingerprint density at radius 3 is 0.979 bits per heavy atom. The molecule has 0 amide bonds. The zero-order valence-corrected chi connectivity index (χ0v) is 82.6. The number of benzene rings is 19. The van der Waals surface area contributed by atoms with Gasteiger partial charge in [-0.25, -0.2) is 0 Å².